The second kappa shape index (κ2) is 6.83. The fourth-order valence-corrected chi connectivity index (χ4v) is 3.79. The Bertz CT molecular complexity index is 785. The molecule has 0 saturated carbocycles. The Labute approximate surface area is 143 Å². The lowest BCUT2D eigenvalue weighted by Crippen LogP contribution is -2.33. The lowest BCUT2D eigenvalue weighted by molar-refractivity contribution is 0.118. The highest BCUT2D eigenvalue weighted by molar-refractivity contribution is 7.08. The largest absolute Gasteiger partial charge is 0.419 e. The molecule has 3 heterocycles. The van der Waals surface area contributed by atoms with E-state index in [1.165, 1.54) is 12.1 Å². The maximum atomic E-state index is 13.1. The number of rotatable bonds is 4. The quantitative estimate of drug-likeness (QED) is 0.691. The molecule has 0 amide bonds. The molecule has 6 heteroatoms. The molecular formula is C18H18FN3OS. The van der Waals surface area contributed by atoms with Gasteiger partial charge in [-0.2, -0.15) is 11.3 Å². The molecule has 1 saturated heterocycles. The minimum atomic E-state index is -0.203. The third-order valence-electron chi connectivity index (χ3n) is 4.41. The number of piperidine rings is 1. The van der Waals surface area contributed by atoms with Crippen molar-refractivity contribution < 1.29 is 8.81 Å². The highest BCUT2D eigenvalue weighted by Gasteiger charge is 2.28. The Morgan fingerprint density at radius 2 is 2.04 bits per heavy atom. The van der Waals surface area contributed by atoms with E-state index in [-0.39, 0.29) is 11.9 Å². The minimum Gasteiger partial charge on any atom is -0.419 e. The van der Waals surface area contributed by atoms with E-state index in [0.29, 0.717) is 11.8 Å². The number of hydrogen-bond donors (Lipinski definition) is 0. The molecule has 0 N–H and O–H groups in total. The first-order chi connectivity index (χ1) is 11.8. The van der Waals surface area contributed by atoms with Crippen LogP contribution in [0.15, 0.2) is 45.5 Å². The number of aromatic nitrogens is 2. The summed E-state index contributed by atoms with van der Waals surface area (Å²) in [7, 11) is 0. The Hall–Kier alpha value is -2.05. The topological polar surface area (TPSA) is 42.2 Å². The van der Waals surface area contributed by atoms with Crippen molar-refractivity contribution in [2.75, 3.05) is 6.54 Å². The van der Waals surface area contributed by atoms with Crippen molar-refractivity contribution in [3.8, 4) is 11.5 Å². The third kappa shape index (κ3) is 3.25. The predicted molar refractivity (Wildman–Crippen MR) is 91.0 cm³/mol. The van der Waals surface area contributed by atoms with E-state index in [2.05, 4.69) is 15.1 Å². The smallest absolute Gasteiger partial charge is 0.248 e. The Kier molecular flexibility index (Phi) is 4.40. The first kappa shape index (κ1) is 15.5. The molecule has 3 aromatic rings. The molecule has 24 heavy (non-hydrogen) atoms. The maximum Gasteiger partial charge on any atom is 0.248 e. The van der Waals surface area contributed by atoms with Crippen LogP contribution in [0, 0.1) is 5.82 Å². The SMILES string of the molecule is Fc1ccc(CN2CCCCC2c2nnc(-c3ccsc3)o2)cc1. The summed E-state index contributed by atoms with van der Waals surface area (Å²) < 4.78 is 19.0. The van der Waals surface area contributed by atoms with Crippen molar-refractivity contribution >= 4 is 11.3 Å². The minimum absolute atomic E-state index is 0.128. The molecular weight excluding hydrogens is 325 g/mol. The van der Waals surface area contributed by atoms with Gasteiger partial charge < -0.3 is 4.42 Å². The molecule has 1 atom stereocenters. The second-order valence-electron chi connectivity index (χ2n) is 6.07. The van der Waals surface area contributed by atoms with Gasteiger partial charge in [0.2, 0.25) is 11.8 Å². The van der Waals surface area contributed by atoms with Crippen molar-refractivity contribution in [3.05, 3.63) is 58.4 Å². The summed E-state index contributed by atoms with van der Waals surface area (Å²) in [4.78, 5) is 2.35. The number of hydrogen-bond acceptors (Lipinski definition) is 5. The molecule has 4 nitrogen and oxygen atoms in total. The van der Waals surface area contributed by atoms with Crippen molar-refractivity contribution in [1.82, 2.24) is 15.1 Å². The predicted octanol–water partition coefficient (Wildman–Crippen LogP) is 4.66. The van der Waals surface area contributed by atoms with Crippen molar-refractivity contribution in [1.29, 1.82) is 0 Å². The zero-order chi connectivity index (χ0) is 16.4. The van der Waals surface area contributed by atoms with Crippen LogP contribution in [0.1, 0.15) is 36.8 Å². The van der Waals surface area contributed by atoms with Crippen LogP contribution in [0.25, 0.3) is 11.5 Å². The third-order valence-corrected chi connectivity index (χ3v) is 5.09. The van der Waals surface area contributed by atoms with Gasteiger partial charge in [0, 0.05) is 17.5 Å². The number of nitrogens with zero attached hydrogens (tertiary/aromatic N) is 3. The van der Waals surface area contributed by atoms with Crippen LogP contribution in [0.5, 0.6) is 0 Å². The normalized spacial score (nSPS) is 18.8. The zero-order valence-corrected chi connectivity index (χ0v) is 14.0. The number of likely N-dealkylation sites (tertiary alicyclic amines) is 1. The molecule has 1 aliphatic heterocycles. The van der Waals surface area contributed by atoms with E-state index in [4.69, 9.17) is 4.42 Å². The van der Waals surface area contributed by atoms with Crippen LogP contribution in [0.4, 0.5) is 4.39 Å². The summed E-state index contributed by atoms with van der Waals surface area (Å²) in [5.74, 6) is 1.06. The van der Waals surface area contributed by atoms with E-state index in [0.717, 1.165) is 43.5 Å². The summed E-state index contributed by atoms with van der Waals surface area (Å²) in [5.41, 5.74) is 2.07. The molecule has 1 aromatic carbocycles. The Morgan fingerprint density at radius 1 is 1.17 bits per heavy atom. The summed E-state index contributed by atoms with van der Waals surface area (Å²) in [6, 6.07) is 8.81. The van der Waals surface area contributed by atoms with Crippen molar-refractivity contribution in [2.45, 2.75) is 31.8 Å². The molecule has 1 unspecified atom stereocenters. The van der Waals surface area contributed by atoms with Crippen LogP contribution < -0.4 is 0 Å². The first-order valence-corrected chi connectivity index (χ1v) is 9.08. The van der Waals surface area contributed by atoms with Gasteiger partial charge in [0.25, 0.3) is 0 Å². The van der Waals surface area contributed by atoms with E-state index >= 15 is 0 Å². The van der Waals surface area contributed by atoms with E-state index in [9.17, 15) is 4.39 Å². The van der Waals surface area contributed by atoms with Crippen molar-refractivity contribution in [2.24, 2.45) is 0 Å². The Morgan fingerprint density at radius 3 is 2.83 bits per heavy atom. The summed E-state index contributed by atoms with van der Waals surface area (Å²) in [6.07, 6.45) is 3.32. The molecule has 1 fully saturated rings. The van der Waals surface area contributed by atoms with Gasteiger partial charge in [-0.25, -0.2) is 4.39 Å². The van der Waals surface area contributed by atoms with Gasteiger partial charge in [-0.15, -0.1) is 10.2 Å². The summed E-state index contributed by atoms with van der Waals surface area (Å²) in [5, 5.41) is 12.5. The lowest BCUT2D eigenvalue weighted by atomic mass is 10.0. The van der Waals surface area contributed by atoms with Crippen LogP contribution in [-0.4, -0.2) is 21.6 Å². The summed E-state index contributed by atoms with van der Waals surface area (Å²) in [6.45, 7) is 1.75. The Balaban J connectivity index is 1.54. The second-order valence-corrected chi connectivity index (χ2v) is 6.85. The highest BCUT2D eigenvalue weighted by Crippen LogP contribution is 2.33. The van der Waals surface area contributed by atoms with Gasteiger partial charge in [0.15, 0.2) is 0 Å². The van der Waals surface area contributed by atoms with Gasteiger partial charge in [-0.1, -0.05) is 18.6 Å². The average molecular weight is 343 g/mol. The van der Waals surface area contributed by atoms with Gasteiger partial charge in [-0.3, -0.25) is 4.90 Å². The molecule has 124 valence electrons. The molecule has 4 rings (SSSR count). The van der Waals surface area contributed by atoms with E-state index in [1.807, 2.05) is 29.0 Å². The average Bonchev–Trinajstić information content (AvgIpc) is 3.28. The summed E-state index contributed by atoms with van der Waals surface area (Å²) >= 11 is 1.61. The fraction of sp³-hybridized carbons (Fsp3) is 0.333. The number of halogens is 1. The molecule has 0 radical (unpaired) electrons. The van der Waals surface area contributed by atoms with Gasteiger partial charge in [-0.05, 0) is 48.5 Å². The fourth-order valence-electron chi connectivity index (χ4n) is 3.16. The van der Waals surface area contributed by atoms with Gasteiger partial charge in [0.1, 0.15) is 5.82 Å². The van der Waals surface area contributed by atoms with Crippen LogP contribution in [0.3, 0.4) is 0 Å². The molecule has 1 aliphatic rings. The molecule has 0 bridgehead atoms. The maximum absolute atomic E-state index is 13.1. The van der Waals surface area contributed by atoms with Gasteiger partial charge >= 0.3 is 0 Å². The molecule has 2 aromatic heterocycles. The van der Waals surface area contributed by atoms with Crippen LogP contribution in [-0.2, 0) is 6.54 Å². The van der Waals surface area contributed by atoms with Gasteiger partial charge in [0.05, 0.1) is 6.04 Å². The zero-order valence-electron chi connectivity index (χ0n) is 13.2. The monoisotopic (exact) mass is 343 g/mol. The first-order valence-electron chi connectivity index (χ1n) is 8.14. The highest BCUT2D eigenvalue weighted by atomic mass is 32.1. The molecule has 0 aliphatic carbocycles. The number of thiophene rings is 1. The van der Waals surface area contributed by atoms with E-state index in [1.54, 1.807) is 11.3 Å². The number of benzene rings is 1. The van der Waals surface area contributed by atoms with E-state index < -0.39 is 0 Å². The van der Waals surface area contributed by atoms with Crippen LogP contribution >= 0.6 is 11.3 Å². The lowest BCUT2D eigenvalue weighted by Gasteiger charge is -2.33. The standard InChI is InChI=1S/C18H18FN3OS/c19-15-6-4-13(5-7-15)11-22-9-2-1-3-16(22)18-21-20-17(23-18)14-8-10-24-12-14/h4-8,10,12,16H,1-3,9,11H2. The molecule has 0 spiro atoms. The van der Waals surface area contributed by atoms with Crippen LogP contribution in [0.2, 0.25) is 0 Å². The van der Waals surface area contributed by atoms with Crippen molar-refractivity contribution in [3.63, 3.8) is 0 Å².